The molecule has 3 N–H and O–H groups in total. The fourth-order valence-electron chi connectivity index (χ4n) is 4.03. The Hall–Kier alpha value is -2.80. The van der Waals surface area contributed by atoms with Gasteiger partial charge in [0.2, 0.25) is 0 Å². The Morgan fingerprint density at radius 2 is 1.90 bits per heavy atom. The Labute approximate surface area is 177 Å². The summed E-state index contributed by atoms with van der Waals surface area (Å²) >= 11 is 0. The number of benzene rings is 2. The van der Waals surface area contributed by atoms with Crippen LogP contribution >= 0.6 is 0 Å². The van der Waals surface area contributed by atoms with Gasteiger partial charge in [0, 0.05) is 23.6 Å². The summed E-state index contributed by atoms with van der Waals surface area (Å²) in [6.07, 6.45) is 0.841. The van der Waals surface area contributed by atoms with Crippen LogP contribution in [0, 0.1) is 5.82 Å². The molecule has 0 fully saturated rings. The first-order chi connectivity index (χ1) is 14.4. The molecule has 2 amide bonds. The molecule has 0 radical (unpaired) electrons. The summed E-state index contributed by atoms with van der Waals surface area (Å²) in [6, 6.07) is 10.7. The lowest BCUT2D eigenvalue weighted by Crippen LogP contribution is -3.12. The number of halogens is 1. The van der Waals surface area contributed by atoms with Gasteiger partial charge in [0.25, 0.3) is 0 Å². The van der Waals surface area contributed by atoms with E-state index in [9.17, 15) is 9.18 Å². The predicted molar refractivity (Wildman–Crippen MR) is 114 cm³/mol. The summed E-state index contributed by atoms with van der Waals surface area (Å²) in [5.74, 6) is 1.14. The van der Waals surface area contributed by atoms with Gasteiger partial charge >= 0.3 is 6.03 Å². The summed E-state index contributed by atoms with van der Waals surface area (Å²) in [6.45, 7) is 5.64. The number of quaternary nitrogens is 1. The SMILES string of the molecule is COc1cc2c(cc1OC)[C@@H](CNC(=O)NC(C)C)[NH+](Cc1ccccc1F)CC2. The second kappa shape index (κ2) is 9.80. The molecule has 0 saturated heterocycles. The molecule has 162 valence electrons. The normalized spacial score (nSPS) is 17.9. The Morgan fingerprint density at radius 1 is 1.20 bits per heavy atom. The summed E-state index contributed by atoms with van der Waals surface area (Å²) in [4.78, 5) is 13.4. The van der Waals surface area contributed by atoms with Crippen LogP contribution in [-0.2, 0) is 13.0 Å². The number of amides is 2. The van der Waals surface area contributed by atoms with Crippen molar-refractivity contribution in [2.45, 2.75) is 38.9 Å². The molecule has 30 heavy (non-hydrogen) atoms. The molecule has 1 aliphatic heterocycles. The van der Waals surface area contributed by atoms with Crippen molar-refractivity contribution < 1.29 is 23.6 Å². The van der Waals surface area contributed by atoms with E-state index in [4.69, 9.17) is 9.47 Å². The predicted octanol–water partition coefficient (Wildman–Crippen LogP) is 2.23. The summed E-state index contributed by atoms with van der Waals surface area (Å²) in [7, 11) is 3.23. The molecule has 1 aliphatic rings. The fourth-order valence-corrected chi connectivity index (χ4v) is 4.03. The number of hydrogen-bond donors (Lipinski definition) is 3. The lowest BCUT2D eigenvalue weighted by atomic mass is 9.91. The van der Waals surface area contributed by atoms with Gasteiger partial charge in [-0.25, -0.2) is 9.18 Å². The zero-order valence-electron chi connectivity index (χ0n) is 18.0. The van der Waals surface area contributed by atoms with Crippen LogP contribution in [0.25, 0.3) is 0 Å². The van der Waals surface area contributed by atoms with Crippen molar-refractivity contribution in [3.63, 3.8) is 0 Å². The third-order valence-corrected chi connectivity index (χ3v) is 5.49. The fraction of sp³-hybridized carbons (Fsp3) is 0.435. The van der Waals surface area contributed by atoms with Crippen LogP contribution in [0.4, 0.5) is 9.18 Å². The minimum absolute atomic E-state index is 0.0360. The number of fused-ring (bicyclic) bond motifs is 1. The maximum absolute atomic E-state index is 14.3. The van der Waals surface area contributed by atoms with Crippen molar-refractivity contribution in [2.24, 2.45) is 0 Å². The third kappa shape index (κ3) is 5.02. The number of urea groups is 1. The lowest BCUT2D eigenvalue weighted by molar-refractivity contribution is -0.946. The highest BCUT2D eigenvalue weighted by atomic mass is 19.1. The Balaban J connectivity index is 1.91. The van der Waals surface area contributed by atoms with Crippen molar-refractivity contribution >= 4 is 6.03 Å². The van der Waals surface area contributed by atoms with E-state index in [0.717, 1.165) is 18.5 Å². The zero-order valence-corrected chi connectivity index (χ0v) is 18.0. The molecule has 2 aromatic rings. The smallest absolute Gasteiger partial charge is 0.315 e. The molecule has 0 aliphatic carbocycles. The molecular formula is C23H31FN3O3+. The molecule has 3 rings (SSSR count). The van der Waals surface area contributed by atoms with Crippen molar-refractivity contribution in [3.8, 4) is 11.5 Å². The monoisotopic (exact) mass is 416 g/mol. The van der Waals surface area contributed by atoms with E-state index in [1.54, 1.807) is 20.3 Å². The van der Waals surface area contributed by atoms with Gasteiger partial charge < -0.3 is 25.0 Å². The topological polar surface area (TPSA) is 64.0 Å². The first-order valence-electron chi connectivity index (χ1n) is 10.3. The van der Waals surface area contributed by atoms with Crippen molar-refractivity contribution in [2.75, 3.05) is 27.3 Å². The molecule has 1 unspecified atom stereocenters. The van der Waals surface area contributed by atoms with E-state index in [2.05, 4.69) is 10.6 Å². The molecule has 0 spiro atoms. The van der Waals surface area contributed by atoms with Crippen LogP contribution in [0.3, 0.4) is 0 Å². The van der Waals surface area contributed by atoms with E-state index in [0.29, 0.717) is 30.2 Å². The lowest BCUT2D eigenvalue weighted by Gasteiger charge is -2.35. The molecule has 2 aromatic carbocycles. The number of carbonyl (C=O) groups is 1. The van der Waals surface area contributed by atoms with E-state index >= 15 is 0 Å². The van der Waals surface area contributed by atoms with Gasteiger partial charge in [0.05, 0.1) is 27.3 Å². The van der Waals surface area contributed by atoms with Gasteiger partial charge in [-0.3, -0.25) is 0 Å². The molecule has 0 saturated carbocycles. The minimum Gasteiger partial charge on any atom is -0.493 e. The number of rotatable bonds is 7. The standard InChI is InChI=1S/C23H30FN3O3/c1-15(2)26-23(28)25-13-20-18-12-22(30-4)21(29-3)11-16(18)9-10-27(20)14-17-7-5-6-8-19(17)24/h5-8,11-12,15,20H,9-10,13-14H2,1-4H3,(H2,25,26,28)/p+1/t20-/m1/s1. The van der Waals surface area contributed by atoms with Gasteiger partial charge in [0.15, 0.2) is 11.5 Å². The molecule has 1 heterocycles. The summed E-state index contributed by atoms with van der Waals surface area (Å²) < 4.78 is 25.3. The molecule has 0 bridgehead atoms. The van der Waals surface area contributed by atoms with Crippen LogP contribution < -0.4 is 25.0 Å². The number of carbonyl (C=O) groups excluding carboxylic acids is 1. The van der Waals surface area contributed by atoms with Crippen LogP contribution in [0.15, 0.2) is 36.4 Å². The largest absolute Gasteiger partial charge is 0.493 e. The van der Waals surface area contributed by atoms with Gasteiger partial charge in [-0.2, -0.15) is 0 Å². The van der Waals surface area contributed by atoms with Gasteiger partial charge in [-0.15, -0.1) is 0 Å². The summed E-state index contributed by atoms with van der Waals surface area (Å²) in [5, 5.41) is 5.84. The molecular weight excluding hydrogens is 385 g/mol. The average molecular weight is 417 g/mol. The number of hydrogen-bond acceptors (Lipinski definition) is 3. The highest BCUT2D eigenvalue weighted by molar-refractivity contribution is 5.74. The summed E-state index contributed by atoms with van der Waals surface area (Å²) in [5.41, 5.74) is 2.93. The molecule has 0 aromatic heterocycles. The first-order valence-corrected chi connectivity index (χ1v) is 10.3. The van der Waals surface area contributed by atoms with Crippen LogP contribution in [0.1, 0.15) is 36.6 Å². The van der Waals surface area contributed by atoms with E-state index in [1.165, 1.54) is 16.5 Å². The van der Waals surface area contributed by atoms with Gasteiger partial charge in [0.1, 0.15) is 18.4 Å². The van der Waals surface area contributed by atoms with Gasteiger partial charge in [-0.05, 0) is 37.6 Å². The molecule has 7 heteroatoms. The van der Waals surface area contributed by atoms with Crippen LogP contribution in [0.5, 0.6) is 11.5 Å². The second-order valence-corrected chi connectivity index (χ2v) is 7.89. The Morgan fingerprint density at radius 3 is 2.57 bits per heavy atom. The highest BCUT2D eigenvalue weighted by Gasteiger charge is 2.33. The number of ether oxygens (including phenoxy) is 2. The quantitative estimate of drug-likeness (QED) is 0.649. The van der Waals surface area contributed by atoms with Crippen molar-refractivity contribution in [1.82, 2.24) is 10.6 Å². The third-order valence-electron chi connectivity index (χ3n) is 5.49. The number of methoxy groups -OCH3 is 2. The van der Waals surface area contributed by atoms with E-state index < -0.39 is 0 Å². The first kappa shape index (κ1) is 21.9. The number of nitrogens with one attached hydrogen (secondary N) is 3. The minimum atomic E-state index is -0.206. The Bertz CT molecular complexity index is 888. The van der Waals surface area contributed by atoms with Crippen LogP contribution in [0.2, 0.25) is 0 Å². The second-order valence-electron chi connectivity index (χ2n) is 7.89. The average Bonchev–Trinajstić information content (AvgIpc) is 2.72. The maximum atomic E-state index is 14.3. The van der Waals surface area contributed by atoms with Crippen molar-refractivity contribution in [3.05, 3.63) is 58.9 Å². The highest BCUT2D eigenvalue weighted by Crippen LogP contribution is 2.34. The Kier molecular flexibility index (Phi) is 7.15. The van der Waals surface area contributed by atoms with E-state index in [-0.39, 0.29) is 23.9 Å². The van der Waals surface area contributed by atoms with Crippen molar-refractivity contribution in [1.29, 1.82) is 0 Å². The van der Waals surface area contributed by atoms with Gasteiger partial charge in [-0.1, -0.05) is 18.2 Å². The maximum Gasteiger partial charge on any atom is 0.315 e. The zero-order chi connectivity index (χ0) is 21.7. The van der Waals surface area contributed by atoms with E-state index in [1.807, 2.05) is 38.1 Å². The molecule has 6 nitrogen and oxygen atoms in total. The molecule has 2 atom stereocenters. The van der Waals surface area contributed by atoms with Crippen LogP contribution in [-0.4, -0.2) is 39.4 Å².